The Bertz CT molecular complexity index is 1130. The van der Waals surface area contributed by atoms with Gasteiger partial charge in [0, 0.05) is 16.7 Å². The third-order valence-electron chi connectivity index (χ3n) is 3.37. The van der Waals surface area contributed by atoms with Crippen molar-refractivity contribution in [1.82, 2.24) is 14.6 Å². The highest BCUT2D eigenvalue weighted by Gasteiger charge is 2.14. The normalized spacial score (nSPS) is 12.3. The Labute approximate surface area is 139 Å². The van der Waals surface area contributed by atoms with Crippen LogP contribution in [0.5, 0.6) is 0 Å². The van der Waals surface area contributed by atoms with E-state index in [9.17, 15) is 4.79 Å². The Balaban J connectivity index is 1.93. The standard InChI is InChI=1S/C16H10ClN3O2S/c1-9-5-6-12(22-9)8-13-15(21)20-14(18-19-16(20)23-13)10-3-2-4-11(17)7-10/h2-8H,1H3/b13-8-. The maximum absolute atomic E-state index is 12.7. The molecule has 0 N–H and O–H groups in total. The van der Waals surface area contributed by atoms with Crippen molar-refractivity contribution < 1.29 is 4.42 Å². The SMILES string of the molecule is Cc1ccc(/C=c2\sc3nnc(-c4cccc(Cl)c4)n3c2=O)o1. The summed E-state index contributed by atoms with van der Waals surface area (Å²) in [5, 5.41) is 8.78. The van der Waals surface area contributed by atoms with E-state index in [2.05, 4.69) is 10.2 Å². The maximum atomic E-state index is 12.7. The van der Waals surface area contributed by atoms with Crippen molar-refractivity contribution in [3.8, 4) is 11.4 Å². The zero-order valence-electron chi connectivity index (χ0n) is 12.0. The number of fused-ring (bicyclic) bond motifs is 1. The molecule has 4 rings (SSSR count). The molecule has 0 fully saturated rings. The first-order valence-corrected chi connectivity index (χ1v) is 8.03. The fourth-order valence-electron chi connectivity index (χ4n) is 2.34. The molecule has 3 heterocycles. The summed E-state index contributed by atoms with van der Waals surface area (Å²) in [4.78, 5) is 13.2. The van der Waals surface area contributed by atoms with E-state index in [1.54, 1.807) is 18.2 Å². The van der Waals surface area contributed by atoms with Gasteiger partial charge in [-0.1, -0.05) is 35.1 Å². The van der Waals surface area contributed by atoms with Crippen LogP contribution in [0.25, 0.3) is 22.4 Å². The number of furan rings is 1. The quantitative estimate of drug-likeness (QED) is 0.561. The summed E-state index contributed by atoms with van der Waals surface area (Å²) in [7, 11) is 0. The van der Waals surface area contributed by atoms with Crippen LogP contribution in [-0.2, 0) is 0 Å². The van der Waals surface area contributed by atoms with Gasteiger partial charge in [-0.05, 0) is 31.2 Å². The number of rotatable bonds is 2. The number of nitrogens with zero attached hydrogens (tertiary/aromatic N) is 3. The number of benzene rings is 1. The van der Waals surface area contributed by atoms with Gasteiger partial charge in [-0.15, -0.1) is 10.2 Å². The van der Waals surface area contributed by atoms with Crippen molar-refractivity contribution in [2.24, 2.45) is 0 Å². The molecule has 4 aromatic rings. The van der Waals surface area contributed by atoms with E-state index in [-0.39, 0.29) is 5.56 Å². The Hall–Kier alpha value is -2.44. The van der Waals surface area contributed by atoms with Gasteiger partial charge in [0.05, 0.1) is 0 Å². The van der Waals surface area contributed by atoms with Crippen LogP contribution in [0.1, 0.15) is 11.5 Å². The zero-order valence-corrected chi connectivity index (χ0v) is 13.6. The van der Waals surface area contributed by atoms with Crippen LogP contribution in [0, 0.1) is 6.92 Å². The van der Waals surface area contributed by atoms with Crippen molar-refractivity contribution in [3.63, 3.8) is 0 Å². The smallest absolute Gasteiger partial charge is 0.276 e. The summed E-state index contributed by atoms with van der Waals surface area (Å²) in [6.07, 6.45) is 1.72. The number of halogens is 1. The molecule has 0 aliphatic heterocycles. The topological polar surface area (TPSA) is 60.4 Å². The van der Waals surface area contributed by atoms with E-state index >= 15 is 0 Å². The number of aryl methyl sites for hydroxylation is 1. The van der Waals surface area contributed by atoms with Gasteiger partial charge in [0.1, 0.15) is 16.1 Å². The van der Waals surface area contributed by atoms with Crippen LogP contribution >= 0.6 is 22.9 Å². The molecule has 0 radical (unpaired) electrons. The highest BCUT2D eigenvalue weighted by atomic mass is 35.5. The molecule has 23 heavy (non-hydrogen) atoms. The summed E-state index contributed by atoms with van der Waals surface area (Å²) >= 11 is 7.29. The van der Waals surface area contributed by atoms with Gasteiger partial charge in [-0.3, -0.25) is 4.79 Å². The monoisotopic (exact) mass is 343 g/mol. The van der Waals surface area contributed by atoms with Gasteiger partial charge < -0.3 is 4.42 Å². The highest BCUT2D eigenvalue weighted by Crippen LogP contribution is 2.21. The van der Waals surface area contributed by atoms with Crippen molar-refractivity contribution in [3.05, 3.63) is 67.8 Å². The molecule has 0 unspecified atom stereocenters. The van der Waals surface area contributed by atoms with E-state index < -0.39 is 0 Å². The first-order valence-electron chi connectivity index (χ1n) is 6.84. The zero-order chi connectivity index (χ0) is 16.0. The van der Waals surface area contributed by atoms with Gasteiger partial charge in [-0.2, -0.15) is 0 Å². The van der Waals surface area contributed by atoms with Gasteiger partial charge >= 0.3 is 0 Å². The van der Waals surface area contributed by atoms with Crippen LogP contribution < -0.4 is 10.1 Å². The van der Waals surface area contributed by atoms with Crippen molar-refractivity contribution in [1.29, 1.82) is 0 Å². The Morgan fingerprint density at radius 1 is 1.26 bits per heavy atom. The van der Waals surface area contributed by atoms with Crippen LogP contribution in [-0.4, -0.2) is 14.6 Å². The molecule has 0 bridgehead atoms. The number of thiazole rings is 1. The molecule has 0 aliphatic carbocycles. The summed E-state index contributed by atoms with van der Waals surface area (Å²) < 4.78 is 7.54. The van der Waals surface area contributed by atoms with Crippen molar-refractivity contribution in [2.45, 2.75) is 6.92 Å². The predicted octanol–water partition coefficient (Wildman–Crippen LogP) is 2.92. The molecule has 0 atom stereocenters. The lowest BCUT2D eigenvalue weighted by molar-refractivity contribution is 0.525. The maximum Gasteiger partial charge on any atom is 0.276 e. The lowest BCUT2D eigenvalue weighted by Crippen LogP contribution is -2.23. The lowest BCUT2D eigenvalue weighted by Gasteiger charge is -1.97. The van der Waals surface area contributed by atoms with Crippen molar-refractivity contribution in [2.75, 3.05) is 0 Å². The Kier molecular flexibility index (Phi) is 3.28. The van der Waals surface area contributed by atoms with E-state index in [0.717, 1.165) is 11.3 Å². The first kappa shape index (κ1) is 14.2. The average molecular weight is 344 g/mol. The molecular formula is C16H10ClN3O2S. The Morgan fingerprint density at radius 2 is 2.13 bits per heavy atom. The molecule has 5 nitrogen and oxygen atoms in total. The van der Waals surface area contributed by atoms with Gasteiger partial charge in [0.2, 0.25) is 4.96 Å². The number of aromatic nitrogens is 3. The second kappa shape index (κ2) is 5.33. The molecule has 0 saturated carbocycles. The van der Waals surface area contributed by atoms with Crippen LogP contribution in [0.4, 0.5) is 0 Å². The molecule has 0 amide bonds. The summed E-state index contributed by atoms with van der Waals surface area (Å²) in [6.45, 7) is 1.86. The molecule has 7 heteroatoms. The predicted molar refractivity (Wildman–Crippen MR) is 89.8 cm³/mol. The minimum absolute atomic E-state index is 0.168. The van der Waals surface area contributed by atoms with E-state index in [0.29, 0.717) is 26.1 Å². The van der Waals surface area contributed by atoms with E-state index in [1.807, 2.05) is 31.2 Å². The third kappa shape index (κ3) is 2.46. The molecule has 3 aromatic heterocycles. The molecular weight excluding hydrogens is 334 g/mol. The molecule has 114 valence electrons. The van der Waals surface area contributed by atoms with Crippen LogP contribution in [0.2, 0.25) is 5.02 Å². The Morgan fingerprint density at radius 3 is 2.87 bits per heavy atom. The summed E-state index contributed by atoms with van der Waals surface area (Å²) in [5.74, 6) is 1.92. The fraction of sp³-hybridized carbons (Fsp3) is 0.0625. The third-order valence-corrected chi connectivity index (χ3v) is 4.56. The number of hydrogen-bond acceptors (Lipinski definition) is 5. The summed E-state index contributed by atoms with van der Waals surface area (Å²) in [5.41, 5.74) is 0.583. The van der Waals surface area contributed by atoms with Crippen LogP contribution in [0.3, 0.4) is 0 Å². The van der Waals surface area contributed by atoms with Crippen molar-refractivity contribution >= 4 is 34.0 Å². The average Bonchev–Trinajstić information content (AvgIpc) is 3.19. The van der Waals surface area contributed by atoms with Crippen LogP contribution in [0.15, 0.2) is 45.6 Å². The van der Waals surface area contributed by atoms with Gasteiger partial charge in [-0.25, -0.2) is 4.40 Å². The minimum Gasteiger partial charge on any atom is -0.462 e. The molecule has 0 saturated heterocycles. The largest absolute Gasteiger partial charge is 0.462 e. The second-order valence-corrected chi connectivity index (χ2v) is 6.46. The highest BCUT2D eigenvalue weighted by molar-refractivity contribution is 7.15. The summed E-state index contributed by atoms with van der Waals surface area (Å²) in [6, 6.07) is 10.9. The first-order chi connectivity index (χ1) is 11.1. The molecule has 0 aliphatic rings. The molecule has 1 aromatic carbocycles. The van der Waals surface area contributed by atoms with E-state index in [1.165, 1.54) is 15.7 Å². The number of hydrogen-bond donors (Lipinski definition) is 0. The molecule has 0 spiro atoms. The minimum atomic E-state index is -0.168. The fourth-order valence-corrected chi connectivity index (χ4v) is 3.42. The van der Waals surface area contributed by atoms with Gasteiger partial charge in [0.15, 0.2) is 5.82 Å². The second-order valence-electron chi connectivity index (χ2n) is 5.02. The van der Waals surface area contributed by atoms with E-state index in [4.69, 9.17) is 16.0 Å². The van der Waals surface area contributed by atoms with Gasteiger partial charge in [0.25, 0.3) is 5.56 Å². The lowest BCUT2D eigenvalue weighted by atomic mass is 10.2.